The van der Waals surface area contributed by atoms with E-state index in [1.165, 1.54) is 24.6 Å². The Bertz CT molecular complexity index is 871. The summed E-state index contributed by atoms with van der Waals surface area (Å²) in [6.45, 7) is 3.46. The van der Waals surface area contributed by atoms with Crippen LogP contribution in [0, 0.1) is 6.92 Å². The maximum Gasteiger partial charge on any atom is 0.234 e. The molecule has 2 amide bonds. The number of hydrogen-bond acceptors (Lipinski definition) is 5. The third kappa shape index (κ3) is 5.38. The molecule has 2 aliphatic rings. The molecule has 1 aliphatic carbocycles. The molecule has 0 spiro atoms. The minimum atomic E-state index is -0.0797. The molecule has 8 heteroatoms. The van der Waals surface area contributed by atoms with Crippen LogP contribution in [0.5, 0.6) is 0 Å². The van der Waals surface area contributed by atoms with Crippen LogP contribution in [0.25, 0.3) is 0 Å². The number of carbonyl (C=O) groups excluding carboxylic acids is 2. The molecule has 1 aromatic carbocycles. The van der Waals surface area contributed by atoms with Crippen molar-refractivity contribution in [2.24, 2.45) is 0 Å². The number of H-pyrrole nitrogens is 1. The molecule has 1 aliphatic heterocycles. The second-order valence-corrected chi connectivity index (χ2v) is 8.90. The Labute approximate surface area is 175 Å². The summed E-state index contributed by atoms with van der Waals surface area (Å²) in [4.78, 5) is 31.1. The fourth-order valence-electron chi connectivity index (χ4n) is 3.64. The van der Waals surface area contributed by atoms with Gasteiger partial charge < -0.3 is 10.2 Å². The minimum absolute atomic E-state index is 0.0797. The molecule has 4 rings (SSSR count). The molecule has 2 N–H and O–H groups in total. The molecule has 1 saturated carbocycles. The van der Waals surface area contributed by atoms with Gasteiger partial charge in [0, 0.05) is 30.6 Å². The monoisotopic (exact) mass is 413 g/mol. The van der Waals surface area contributed by atoms with E-state index in [4.69, 9.17) is 0 Å². The minimum Gasteiger partial charge on any atom is -0.342 e. The third-order valence-electron chi connectivity index (χ3n) is 5.46. The van der Waals surface area contributed by atoms with Crippen LogP contribution in [0.3, 0.4) is 0 Å². The largest absolute Gasteiger partial charge is 0.342 e. The van der Waals surface area contributed by atoms with E-state index in [0.717, 1.165) is 48.8 Å². The van der Waals surface area contributed by atoms with Crippen molar-refractivity contribution in [3.05, 3.63) is 41.5 Å². The van der Waals surface area contributed by atoms with Gasteiger partial charge in [0.05, 0.1) is 11.5 Å². The molecule has 1 aromatic heterocycles. The molecule has 0 bridgehead atoms. The summed E-state index contributed by atoms with van der Waals surface area (Å²) >= 11 is 1.37. The van der Waals surface area contributed by atoms with Crippen molar-refractivity contribution in [3.63, 3.8) is 0 Å². The van der Waals surface area contributed by atoms with Gasteiger partial charge in [-0.25, -0.2) is 4.98 Å². The molecular formula is C21H27N5O2S. The number of carbonyl (C=O) groups is 2. The van der Waals surface area contributed by atoms with Crippen molar-refractivity contribution in [1.29, 1.82) is 0 Å². The van der Waals surface area contributed by atoms with Crippen molar-refractivity contribution in [2.45, 2.75) is 44.4 Å². The van der Waals surface area contributed by atoms with Gasteiger partial charge in [0.2, 0.25) is 11.8 Å². The summed E-state index contributed by atoms with van der Waals surface area (Å²) < 4.78 is 0. The highest BCUT2D eigenvalue weighted by atomic mass is 32.2. The second-order valence-electron chi connectivity index (χ2n) is 7.92. The zero-order valence-electron chi connectivity index (χ0n) is 16.7. The summed E-state index contributed by atoms with van der Waals surface area (Å²) in [7, 11) is 0. The van der Waals surface area contributed by atoms with Crippen LogP contribution in [0.15, 0.2) is 24.3 Å². The Morgan fingerprint density at radius 3 is 2.69 bits per heavy atom. The molecular weight excluding hydrogens is 386 g/mol. The first-order valence-corrected chi connectivity index (χ1v) is 11.4. The van der Waals surface area contributed by atoms with Gasteiger partial charge in [-0.3, -0.25) is 14.7 Å². The molecule has 2 heterocycles. The molecule has 2 fully saturated rings. The molecule has 0 unspecified atom stereocenters. The van der Waals surface area contributed by atoms with E-state index < -0.39 is 0 Å². The van der Waals surface area contributed by atoms with Gasteiger partial charge in [0.25, 0.3) is 0 Å². The van der Waals surface area contributed by atoms with Gasteiger partial charge in [-0.1, -0.05) is 12.1 Å². The maximum absolute atomic E-state index is 12.5. The van der Waals surface area contributed by atoms with Gasteiger partial charge in [-0.05, 0) is 50.3 Å². The third-order valence-corrected chi connectivity index (χ3v) is 6.37. The Balaban J connectivity index is 1.16. The Morgan fingerprint density at radius 1 is 1.17 bits per heavy atom. The van der Waals surface area contributed by atoms with Gasteiger partial charge >= 0.3 is 0 Å². The number of nitrogens with zero attached hydrogens (tertiary/aromatic N) is 3. The number of nitrogens with one attached hydrogen (secondary N) is 2. The second kappa shape index (κ2) is 8.98. The van der Waals surface area contributed by atoms with Gasteiger partial charge in [-0.15, -0.1) is 11.8 Å². The van der Waals surface area contributed by atoms with E-state index in [-0.39, 0.29) is 17.6 Å². The highest BCUT2D eigenvalue weighted by molar-refractivity contribution is 8.00. The number of thioether (sulfide) groups is 1. The number of aromatic amines is 1. The summed E-state index contributed by atoms with van der Waals surface area (Å²) in [5.74, 6) is 3.48. The topological polar surface area (TPSA) is 91.0 Å². The van der Waals surface area contributed by atoms with E-state index in [1.54, 1.807) is 0 Å². The van der Waals surface area contributed by atoms with E-state index >= 15 is 0 Å². The van der Waals surface area contributed by atoms with Crippen molar-refractivity contribution < 1.29 is 9.59 Å². The number of amides is 2. The Hall–Kier alpha value is -2.35. The predicted molar refractivity (Wildman–Crippen MR) is 114 cm³/mol. The fraction of sp³-hybridized carbons (Fsp3) is 0.524. The number of rotatable bonds is 7. The lowest BCUT2D eigenvalue weighted by Gasteiger charge is -2.31. The highest BCUT2D eigenvalue weighted by Crippen LogP contribution is 2.38. The predicted octanol–water partition coefficient (Wildman–Crippen LogP) is 3.07. The average molecular weight is 414 g/mol. The van der Waals surface area contributed by atoms with Crippen LogP contribution < -0.4 is 5.32 Å². The van der Waals surface area contributed by atoms with Crippen molar-refractivity contribution in [3.8, 4) is 0 Å². The Kier molecular flexibility index (Phi) is 6.18. The Morgan fingerprint density at radius 2 is 1.97 bits per heavy atom. The lowest BCUT2D eigenvalue weighted by atomic mass is 9.96. The number of anilines is 1. The highest BCUT2D eigenvalue weighted by Gasteiger charge is 2.30. The average Bonchev–Trinajstić information content (AvgIpc) is 3.45. The maximum atomic E-state index is 12.5. The lowest BCUT2D eigenvalue weighted by molar-refractivity contribution is -0.129. The summed E-state index contributed by atoms with van der Waals surface area (Å²) in [5, 5.41) is 10.3. The van der Waals surface area contributed by atoms with Crippen LogP contribution in [0.1, 0.15) is 54.7 Å². The molecule has 154 valence electrons. The van der Waals surface area contributed by atoms with Gasteiger partial charge in [-0.2, -0.15) is 5.10 Å². The van der Waals surface area contributed by atoms with Gasteiger partial charge in [0.15, 0.2) is 5.82 Å². The van der Waals surface area contributed by atoms with Crippen molar-refractivity contribution in [1.82, 2.24) is 20.1 Å². The molecule has 2 aromatic rings. The molecule has 0 radical (unpaired) electrons. The molecule has 29 heavy (non-hydrogen) atoms. The van der Waals surface area contributed by atoms with E-state index in [9.17, 15) is 9.59 Å². The standard InChI is InChI=1S/C21H27N5O2S/c1-14-3-2-4-17(11-14)22-18(27)12-29-13-19(28)26-9-7-16(8-10-26)21-23-20(24-25-21)15-5-6-15/h2-4,11,15-16H,5-10,12-13H2,1H3,(H,22,27)(H,23,24,25). The summed E-state index contributed by atoms with van der Waals surface area (Å²) in [6.07, 6.45) is 4.21. The van der Waals surface area contributed by atoms with E-state index in [0.29, 0.717) is 17.6 Å². The first-order chi connectivity index (χ1) is 14.1. The number of aromatic nitrogens is 3. The number of aryl methyl sites for hydroxylation is 1. The smallest absolute Gasteiger partial charge is 0.234 e. The first-order valence-electron chi connectivity index (χ1n) is 10.2. The zero-order valence-corrected chi connectivity index (χ0v) is 17.5. The quantitative estimate of drug-likeness (QED) is 0.728. The number of hydrogen-bond donors (Lipinski definition) is 2. The van der Waals surface area contributed by atoms with Crippen molar-refractivity contribution >= 4 is 29.3 Å². The van der Waals surface area contributed by atoms with Crippen LogP contribution >= 0.6 is 11.8 Å². The molecule has 1 saturated heterocycles. The lowest BCUT2D eigenvalue weighted by Crippen LogP contribution is -2.39. The fourth-order valence-corrected chi connectivity index (χ4v) is 4.36. The summed E-state index contributed by atoms with van der Waals surface area (Å²) in [6, 6.07) is 7.70. The SMILES string of the molecule is Cc1cccc(NC(=O)CSCC(=O)N2CCC(c3nc(C4CC4)n[nH]3)CC2)c1. The van der Waals surface area contributed by atoms with Crippen LogP contribution in [0.4, 0.5) is 5.69 Å². The number of benzene rings is 1. The van der Waals surface area contributed by atoms with Crippen LogP contribution in [-0.2, 0) is 9.59 Å². The van der Waals surface area contributed by atoms with Crippen LogP contribution in [0.2, 0.25) is 0 Å². The van der Waals surface area contributed by atoms with Crippen molar-refractivity contribution in [2.75, 3.05) is 29.9 Å². The van der Waals surface area contributed by atoms with Gasteiger partial charge in [0.1, 0.15) is 5.82 Å². The first kappa shape index (κ1) is 19.9. The van der Waals surface area contributed by atoms with Crippen LogP contribution in [-0.4, -0.2) is 56.5 Å². The number of piperidine rings is 1. The zero-order chi connectivity index (χ0) is 20.2. The molecule has 7 nitrogen and oxygen atoms in total. The normalized spacial score (nSPS) is 17.3. The van der Waals surface area contributed by atoms with E-state index in [2.05, 4.69) is 20.5 Å². The van der Waals surface area contributed by atoms with E-state index in [1.807, 2.05) is 36.1 Å². The summed E-state index contributed by atoms with van der Waals surface area (Å²) in [5.41, 5.74) is 1.89. The molecule has 0 atom stereocenters. The number of likely N-dealkylation sites (tertiary alicyclic amines) is 1.